The van der Waals surface area contributed by atoms with Crippen molar-refractivity contribution in [2.45, 2.75) is 12.8 Å². The Morgan fingerprint density at radius 3 is 1.54 bits per heavy atom. The summed E-state index contributed by atoms with van der Waals surface area (Å²) in [5.41, 5.74) is 6.46. The van der Waals surface area contributed by atoms with Crippen LogP contribution in [0.25, 0.3) is 5.57 Å². The van der Waals surface area contributed by atoms with E-state index in [0.29, 0.717) is 6.42 Å². The van der Waals surface area contributed by atoms with E-state index in [4.69, 9.17) is 0 Å². The molecule has 1 aliphatic rings. The molecule has 0 bridgehead atoms. The van der Waals surface area contributed by atoms with Crippen molar-refractivity contribution in [3.8, 4) is 0 Å². The highest BCUT2D eigenvalue weighted by atomic mass is 16.1. The van der Waals surface area contributed by atoms with Crippen LogP contribution in [0.4, 0.5) is 0 Å². The molecule has 0 aliphatic heterocycles. The van der Waals surface area contributed by atoms with E-state index in [0.717, 1.165) is 23.1 Å². The van der Waals surface area contributed by atoms with Gasteiger partial charge >= 0.3 is 0 Å². The number of ketones is 1. The van der Waals surface area contributed by atoms with E-state index in [2.05, 4.69) is 42.5 Å². The Morgan fingerprint density at radius 2 is 0.958 bits per heavy atom. The summed E-state index contributed by atoms with van der Waals surface area (Å²) in [4.78, 5) is 12.9. The van der Waals surface area contributed by atoms with E-state index < -0.39 is 0 Å². The number of carbonyl (C=O) groups excluding carboxylic acids is 1. The third kappa shape index (κ3) is 2.69. The van der Waals surface area contributed by atoms with E-state index in [1.807, 2.05) is 42.5 Å². The molecule has 0 amide bonds. The van der Waals surface area contributed by atoms with Gasteiger partial charge in [-0.3, -0.25) is 4.79 Å². The molecule has 0 aromatic heterocycles. The molecule has 0 saturated heterocycles. The molecular formula is C23H18O. The first-order valence-corrected chi connectivity index (χ1v) is 8.27. The van der Waals surface area contributed by atoms with Crippen LogP contribution in [0.2, 0.25) is 0 Å². The van der Waals surface area contributed by atoms with Crippen LogP contribution >= 0.6 is 0 Å². The molecule has 0 unspecified atom stereocenters. The van der Waals surface area contributed by atoms with Crippen molar-refractivity contribution in [3.63, 3.8) is 0 Å². The van der Waals surface area contributed by atoms with Crippen LogP contribution in [0.5, 0.6) is 0 Å². The highest BCUT2D eigenvalue weighted by Gasteiger charge is 2.28. The molecule has 0 atom stereocenters. The Kier molecular flexibility index (Phi) is 3.84. The molecule has 0 radical (unpaired) electrons. The van der Waals surface area contributed by atoms with Gasteiger partial charge in [-0.15, -0.1) is 0 Å². The molecule has 0 N–H and O–H groups in total. The van der Waals surface area contributed by atoms with Crippen molar-refractivity contribution in [1.29, 1.82) is 0 Å². The monoisotopic (exact) mass is 310 g/mol. The summed E-state index contributed by atoms with van der Waals surface area (Å²) < 4.78 is 0. The first-order valence-electron chi connectivity index (χ1n) is 8.27. The minimum Gasteiger partial charge on any atom is -0.289 e. The van der Waals surface area contributed by atoms with Gasteiger partial charge in [-0.2, -0.15) is 0 Å². The highest BCUT2D eigenvalue weighted by molar-refractivity contribution is 6.21. The van der Waals surface area contributed by atoms with Crippen molar-refractivity contribution in [3.05, 3.63) is 113 Å². The number of allylic oxidation sites excluding steroid dienone is 2. The molecule has 1 aliphatic carbocycles. The number of hydrogen-bond acceptors (Lipinski definition) is 1. The molecule has 0 fully saturated rings. The van der Waals surface area contributed by atoms with Crippen LogP contribution in [0.1, 0.15) is 27.0 Å². The fraction of sp³-hybridized carbons (Fsp3) is 0.0870. The fourth-order valence-corrected chi connectivity index (χ4v) is 3.40. The van der Waals surface area contributed by atoms with Gasteiger partial charge in [-0.1, -0.05) is 84.9 Å². The lowest BCUT2D eigenvalue weighted by Crippen LogP contribution is -2.02. The number of hydrogen-bond donors (Lipinski definition) is 0. The van der Waals surface area contributed by atoms with Crippen molar-refractivity contribution >= 4 is 11.4 Å². The zero-order chi connectivity index (χ0) is 16.4. The zero-order valence-corrected chi connectivity index (χ0v) is 13.4. The van der Waals surface area contributed by atoms with Crippen LogP contribution in [0, 0.1) is 0 Å². The van der Waals surface area contributed by atoms with Crippen LogP contribution in [0.15, 0.2) is 90.5 Å². The summed E-state index contributed by atoms with van der Waals surface area (Å²) in [6.45, 7) is 0. The predicted molar refractivity (Wildman–Crippen MR) is 98.0 cm³/mol. The van der Waals surface area contributed by atoms with E-state index in [1.54, 1.807) is 0 Å². The second kappa shape index (κ2) is 6.29. The normalized spacial score (nSPS) is 13.2. The minimum atomic E-state index is 0.181. The minimum absolute atomic E-state index is 0.181. The molecule has 116 valence electrons. The lowest BCUT2D eigenvalue weighted by molar-refractivity contribution is 0.103. The van der Waals surface area contributed by atoms with Crippen LogP contribution in [0.3, 0.4) is 0 Å². The topological polar surface area (TPSA) is 17.1 Å². The molecule has 0 heterocycles. The maximum absolute atomic E-state index is 12.9. The highest BCUT2D eigenvalue weighted by Crippen LogP contribution is 2.36. The Balaban J connectivity index is 1.78. The van der Waals surface area contributed by atoms with Crippen molar-refractivity contribution in [2.24, 2.45) is 0 Å². The van der Waals surface area contributed by atoms with Crippen molar-refractivity contribution in [2.75, 3.05) is 0 Å². The molecular weight excluding hydrogens is 292 g/mol. The van der Waals surface area contributed by atoms with Crippen molar-refractivity contribution < 1.29 is 4.79 Å². The van der Waals surface area contributed by atoms with Gasteiger partial charge in [-0.25, -0.2) is 0 Å². The van der Waals surface area contributed by atoms with Crippen molar-refractivity contribution in [1.82, 2.24) is 0 Å². The molecule has 1 heteroatoms. The number of fused-ring (bicyclic) bond motifs is 1. The second-order valence-corrected chi connectivity index (χ2v) is 6.16. The molecule has 1 nitrogen and oxygen atoms in total. The van der Waals surface area contributed by atoms with Gasteiger partial charge in [0.1, 0.15) is 0 Å². The third-order valence-electron chi connectivity index (χ3n) is 4.58. The number of rotatable bonds is 4. The SMILES string of the molecule is O=C1C(Cc2ccccc2)=C(Cc2ccccc2)c2ccccc21. The first-order chi connectivity index (χ1) is 11.8. The zero-order valence-electron chi connectivity index (χ0n) is 13.4. The molecule has 3 aromatic rings. The lowest BCUT2D eigenvalue weighted by Gasteiger charge is -2.08. The standard InChI is InChI=1S/C23H18O/c24-23-20-14-8-7-13-19(20)21(15-17-9-3-1-4-10-17)22(23)16-18-11-5-2-6-12-18/h1-14H,15-16H2. The Labute approximate surface area is 142 Å². The Bertz CT molecular complexity index is 905. The summed E-state index contributed by atoms with van der Waals surface area (Å²) in [6, 6.07) is 28.6. The number of benzene rings is 3. The largest absolute Gasteiger partial charge is 0.289 e. The molecule has 4 rings (SSSR count). The van der Waals surface area contributed by atoms with Gasteiger partial charge in [0.05, 0.1) is 0 Å². The second-order valence-electron chi connectivity index (χ2n) is 6.16. The van der Waals surface area contributed by atoms with Gasteiger partial charge in [0.15, 0.2) is 5.78 Å². The summed E-state index contributed by atoms with van der Waals surface area (Å²) in [5.74, 6) is 0.181. The Hall–Kier alpha value is -2.93. The summed E-state index contributed by atoms with van der Waals surface area (Å²) in [5, 5.41) is 0. The molecule has 0 saturated carbocycles. The molecule has 0 spiro atoms. The number of Topliss-reactive ketones (excluding diaryl/α,β-unsaturated/α-hetero) is 1. The summed E-state index contributed by atoms with van der Waals surface area (Å²) >= 11 is 0. The van der Waals surface area contributed by atoms with Gasteiger partial charge in [-0.05, 0) is 28.7 Å². The first kappa shape index (κ1) is 14.6. The van der Waals surface area contributed by atoms with E-state index in [1.165, 1.54) is 16.7 Å². The average Bonchev–Trinajstić information content (AvgIpc) is 2.90. The van der Waals surface area contributed by atoms with Gasteiger partial charge in [0.25, 0.3) is 0 Å². The quantitative estimate of drug-likeness (QED) is 0.653. The summed E-state index contributed by atoms with van der Waals surface area (Å²) in [7, 11) is 0. The smallest absolute Gasteiger partial charge is 0.190 e. The van der Waals surface area contributed by atoms with E-state index >= 15 is 0 Å². The van der Waals surface area contributed by atoms with Gasteiger partial charge < -0.3 is 0 Å². The van der Waals surface area contributed by atoms with E-state index in [-0.39, 0.29) is 5.78 Å². The van der Waals surface area contributed by atoms with Crippen LogP contribution in [-0.4, -0.2) is 5.78 Å². The number of carbonyl (C=O) groups is 1. The lowest BCUT2D eigenvalue weighted by atomic mass is 9.95. The van der Waals surface area contributed by atoms with E-state index in [9.17, 15) is 4.79 Å². The maximum atomic E-state index is 12.9. The summed E-state index contributed by atoms with van der Waals surface area (Å²) in [6.07, 6.45) is 1.49. The maximum Gasteiger partial charge on any atom is 0.190 e. The average molecular weight is 310 g/mol. The fourth-order valence-electron chi connectivity index (χ4n) is 3.40. The molecule has 3 aromatic carbocycles. The van der Waals surface area contributed by atoms with Crippen LogP contribution in [-0.2, 0) is 12.8 Å². The predicted octanol–water partition coefficient (Wildman–Crippen LogP) is 5.12. The third-order valence-corrected chi connectivity index (χ3v) is 4.58. The molecule has 24 heavy (non-hydrogen) atoms. The van der Waals surface area contributed by atoms with Gasteiger partial charge in [0, 0.05) is 17.6 Å². The van der Waals surface area contributed by atoms with Gasteiger partial charge in [0.2, 0.25) is 0 Å². The van der Waals surface area contributed by atoms with Crippen LogP contribution < -0.4 is 0 Å². The Morgan fingerprint density at radius 1 is 0.500 bits per heavy atom.